The molecule has 126 valence electrons. The summed E-state index contributed by atoms with van der Waals surface area (Å²) < 4.78 is 28.6. The summed E-state index contributed by atoms with van der Waals surface area (Å²) in [6, 6.07) is 0. The van der Waals surface area contributed by atoms with E-state index in [1.54, 1.807) is 27.7 Å². The van der Waals surface area contributed by atoms with Gasteiger partial charge in [-0.2, -0.15) is 0 Å². The lowest BCUT2D eigenvalue weighted by Crippen LogP contribution is -2.41. The number of alkyl carbamates (subject to hydrolysis) is 1. The quantitative estimate of drug-likeness (QED) is 0.709. The molecule has 0 rings (SSSR count). The van der Waals surface area contributed by atoms with Gasteiger partial charge in [-0.15, -0.1) is 0 Å². The number of hydrogen-bond donors (Lipinski definition) is 2. The van der Waals surface area contributed by atoms with Crippen LogP contribution in [0.1, 0.15) is 47.5 Å². The van der Waals surface area contributed by atoms with E-state index in [0.717, 1.165) is 0 Å². The first-order valence-corrected chi connectivity index (χ1v) is 9.03. The standard InChI is InChI=1S/C14H29NO5S/c1-6-8-21(18,19)9-7-14(5,11-16)10-15-12(17)20-13(2,3)4/h16H,6-11H2,1-5H3,(H,15,17). The number of aliphatic hydroxyl groups excluding tert-OH is 1. The van der Waals surface area contributed by atoms with Crippen LogP contribution in [-0.2, 0) is 14.6 Å². The van der Waals surface area contributed by atoms with E-state index < -0.39 is 26.9 Å². The topological polar surface area (TPSA) is 92.7 Å². The van der Waals surface area contributed by atoms with Crippen LogP contribution in [0.25, 0.3) is 0 Å². The first-order valence-electron chi connectivity index (χ1n) is 7.21. The van der Waals surface area contributed by atoms with Gasteiger partial charge in [-0.25, -0.2) is 13.2 Å². The van der Waals surface area contributed by atoms with Crippen molar-refractivity contribution in [1.82, 2.24) is 5.32 Å². The maximum absolute atomic E-state index is 11.7. The Kier molecular flexibility index (Phi) is 7.67. The maximum Gasteiger partial charge on any atom is 0.407 e. The fraction of sp³-hybridized carbons (Fsp3) is 0.929. The van der Waals surface area contributed by atoms with Gasteiger partial charge in [-0.1, -0.05) is 13.8 Å². The van der Waals surface area contributed by atoms with Crippen LogP contribution >= 0.6 is 0 Å². The van der Waals surface area contributed by atoms with E-state index in [-0.39, 0.29) is 24.7 Å². The van der Waals surface area contributed by atoms with E-state index in [4.69, 9.17) is 4.74 Å². The smallest absolute Gasteiger partial charge is 0.407 e. The molecule has 6 nitrogen and oxygen atoms in total. The van der Waals surface area contributed by atoms with Crippen molar-refractivity contribution in [3.8, 4) is 0 Å². The van der Waals surface area contributed by atoms with E-state index in [0.29, 0.717) is 12.8 Å². The highest BCUT2D eigenvalue weighted by Gasteiger charge is 2.27. The average molecular weight is 323 g/mol. The number of nitrogens with one attached hydrogen (secondary N) is 1. The Morgan fingerprint density at radius 1 is 1.19 bits per heavy atom. The van der Waals surface area contributed by atoms with Gasteiger partial charge in [0.05, 0.1) is 12.4 Å². The van der Waals surface area contributed by atoms with Crippen LogP contribution in [0.2, 0.25) is 0 Å². The number of carbonyl (C=O) groups excluding carboxylic acids is 1. The Morgan fingerprint density at radius 3 is 2.19 bits per heavy atom. The minimum absolute atomic E-state index is 0.00784. The molecular weight excluding hydrogens is 294 g/mol. The highest BCUT2D eigenvalue weighted by atomic mass is 32.2. The molecule has 0 aliphatic heterocycles. The van der Waals surface area contributed by atoms with Crippen LogP contribution in [0.3, 0.4) is 0 Å². The molecule has 0 aromatic carbocycles. The van der Waals surface area contributed by atoms with Crippen LogP contribution in [-0.4, -0.2) is 49.9 Å². The van der Waals surface area contributed by atoms with E-state index >= 15 is 0 Å². The summed E-state index contributed by atoms with van der Waals surface area (Å²) in [5.41, 5.74) is -1.28. The zero-order chi connectivity index (χ0) is 16.7. The number of ether oxygens (including phenoxy) is 1. The van der Waals surface area contributed by atoms with Gasteiger partial charge in [0, 0.05) is 17.7 Å². The molecule has 0 heterocycles. The second-order valence-corrected chi connectivity index (χ2v) is 9.03. The van der Waals surface area contributed by atoms with Gasteiger partial charge in [-0.05, 0) is 33.6 Å². The molecule has 0 radical (unpaired) electrons. The Hall–Kier alpha value is -0.820. The number of hydrogen-bond acceptors (Lipinski definition) is 5. The summed E-state index contributed by atoms with van der Waals surface area (Å²) >= 11 is 0. The minimum atomic E-state index is -3.10. The van der Waals surface area contributed by atoms with Crippen molar-refractivity contribution in [2.45, 2.75) is 53.1 Å². The third kappa shape index (κ3) is 9.68. The van der Waals surface area contributed by atoms with Crippen LogP contribution in [0.5, 0.6) is 0 Å². The third-order valence-electron chi connectivity index (χ3n) is 2.97. The van der Waals surface area contributed by atoms with Crippen molar-refractivity contribution in [1.29, 1.82) is 0 Å². The van der Waals surface area contributed by atoms with Crippen molar-refractivity contribution in [3.05, 3.63) is 0 Å². The van der Waals surface area contributed by atoms with E-state index in [9.17, 15) is 18.3 Å². The molecular formula is C14H29NO5S. The summed E-state index contributed by atoms with van der Waals surface area (Å²) in [4.78, 5) is 11.6. The minimum Gasteiger partial charge on any atom is -0.444 e. The van der Waals surface area contributed by atoms with Gasteiger partial charge < -0.3 is 15.2 Å². The Bertz CT molecular complexity index is 427. The average Bonchev–Trinajstić information content (AvgIpc) is 2.32. The molecule has 0 spiro atoms. The van der Waals surface area contributed by atoms with Gasteiger partial charge in [0.25, 0.3) is 0 Å². The van der Waals surface area contributed by atoms with Crippen molar-refractivity contribution >= 4 is 15.9 Å². The van der Waals surface area contributed by atoms with E-state index in [1.165, 1.54) is 0 Å². The summed E-state index contributed by atoms with van der Waals surface area (Å²) in [7, 11) is -3.10. The second-order valence-electron chi connectivity index (χ2n) is 6.73. The molecule has 0 aromatic rings. The molecule has 7 heteroatoms. The summed E-state index contributed by atoms with van der Waals surface area (Å²) in [6.07, 6.45) is 0.300. The van der Waals surface area contributed by atoms with Gasteiger partial charge in [0.15, 0.2) is 0 Å². The molecule has 1 atom stereocenters. The summed E-state index contributed by atoms with van der Waals surface area (Å²) in [6.45, 7) is 8.79. The first kappa shape index (κ1) is 20.2. The Morgan fingerprint density at radius 2 is 1.76 bits per heavy atom. The highest BCUT2D eigenvalue weighted by Crippen LogP contribution is 2.21. The van der Waals surface area contributed by atoms with Crippen LogP contribution in [0.15, 0.2) is 0 Å². The first-order chi connectivity index (χ1) is 9.43. The van der Waals surface area contributed by atoms with Crippen LogP contribution < -0.4 is 5.32 Å². The maximum atomic E-state index is 11.7. The largest absolute Gasteiger partial charge is 0.444 e. The molecule has 0 aromatic heterocycles. The van der Waals surface area contributed by atoms with Crippen molar-refractivity contribution in [3.63, 3.8) is 0 Å². The number of amides is 1. The lowest BCUT2D eigenvalue weighted by molar-refractivity contribution is 0.0476. The normalized spacial score (nSPS) is 15.3. The molecule has 21 heavy (non-hydrogen) atoms. The predicted octanol–water partition coefficient (Wildman–Crippen LogP) is 1.72. The molecule has 0 fully saturated rings. The Balaban J connectivity index is 4.44. The number of carbonyl (C=O) groups is 1. The number of rotatable bonds is 8. The SMILES string of the molecule is CCCS(=O)(=O)CCC(C)(CO)CNC(=O)OC(C)(C)C. The van der Waals surface area contributed by atoms with Gasteiger partial charge in [0.1, 0.15) is 15.4 Å². The summed E-state index contributed by atoms with van der Waals surface area (Å²) in [5, 5.41) is 12.1. The molecule has 0 bridgehead atoms. The van der Waals surface area contributed by atoms with Gasteiger partial charge >= 0.3 is 6.09 Å². The van der Waals surface area contributed by atoms with Crippen molar-refractivity contribution in [2.75, 3.05) is 24.7 Å². The molecule has 0 aliphatic rings. The van der Waals surface area contributed by atoms with E-state index in [1.807, 2.05) is 6.92 Å². The fourth-order valence-corrected chi connectivity index (χ4v) is 3.27. The van der Waals surface area contributed by atoms with E-state index in [2.05, 4.69) is 5.32 Å². The highest BCUT2D eigenvalue weighted by molar-refractivity contribution is 7.91. The summed E-state index contributed by atoms with van der Waals surface area (Å²) in [5.74, 6) is 0.155. The second kappa shape index (κ2) is 7.98. The molecule has 2 N–H and O–H groups in total. The molecule has 0 saturated carbocycles. The molecule has 1 unspecified atom stereocenters. The Labute approximate surface area is 128 Å². The van der Waals surface area contributed by atoms with Gasteiger partial charge in [-0.3, -0.25) is 0 Å². The van der Waals surface area contributed by atoms with Crippen molar-refractivity contribution < 1.29 is 23.1 Å². The number of sulfone groups is 1. The van der Waals surface area contributed by atoms with Crippen LogP contribution in [0, 0.1) is 5.41 Å². The predicted molar refractivity (Wildman–Crippen MR) is 83.0 cm³/mol. The lowest BCUT2D eigenvalue weighted by Gasteiger charge is -2.28. The van der Waals surface area contributed by atoms with Gasteiger partial charge in [0.2, 0.25) is 0 Å². The third-order valence-corrected chi connectivity index (χ3v) is 4.83. The molecule has 1 amide bonds. The lowest BCUT2D eigenvalue weighted by atomic mass is 9.88. The zero-order valence-electron chi connectivity index (χ0n) is 13.7. The monoisotopic (exact) mass is 323 g/mol. The zero-order valence-corrected chi connectivity index (χ0v) is 14.5. The number of aliphatic hydroxyl groups is 1. The fourth-order valence-electron chi connectivity index (χ4n) is 1.64. The molecule has 0 aliphatic carbocycles. The molecule has 0 saturated heterocycles. The van der Waals surface area contributed by atoms with Crippen LogP contribution in [0.4, 0.5) is 4.79 Å². The van der Waals surface area contributed by atoms with Crippen molar-refractivity contribution in [2.24, 2.45) is 5.41 Å².